The van der Waals surface area contributed by atoms with Gasteiger partial charge in [-0.25, -0.2) is 0 Å². The van der Waals surface area contributed by atoms with Crippen molar-refractivity contribution in [1.82, 2.24) is 4.90 Å². The van der Waals surface area contributed by atoms with Crippen LogP contribution in [0.1, 0.15) is 19.3 Å². The van der Waals surface area contributed by atoms with Gasteiger partial charge >= 0.3 is 0 Å². The van der Waals surface area contributed by atoms with Crippen LogP contribution >= 0.6 is 0 Å². The molecule has 2 heteroatoms. The second-order valence-corrected chi connectivity index (χ2v) is 3.54. The highest BCUT2D eigenvalue weighted by Crippen LogP contribution is 2.39. The van der Waals surface area contributed by atoms with Crippen LogP contribution in [0.2, 0.25) is 0 Å². The molecule has 3 saturated heterocycles. The van der Waals surface area contributed by atoms with Crippen LogP contribution in [-0.4, -0.2) is 31.2 Å². The summed E-state index contributed by atoms with van der Waals surface area (Å²) in [5.74, 6) is 0.888. The van der Waals surface area contributed by atoms with E-state index in [0.29, 0.717) is 0 Å². The van der Waals surface area contributed by atoms with E-state index in [-0.39, 0.29) is 0 Å². The molecule has 0 aliphatic carbocycles. The van der Waals surface area contributed by atoms with Gasteiger partial charge in [0, 0.05) is 26.3 Å². The lowest BCUT2D eigenvalue weighted by molar-refractivity contribution is 0.00377. The van der Waals surface area contributed by atoms with E-state index < -0.39 is 0 Å². The molecule has 0 spiro atoms. The molecular weight excluding hydrogens is 138 g/mol. The third-order valence-corrected chi connectivity index (χ3v) is 2.87. The van der Waals surface area contributed by atoms with Crippen molar-refractivity contribution < 1.29 is 4.74 Å². The maximum absolute atomic E-state index is 5.07. The number of rotatable bonds is 3. The average molecular weight is 154 g/mol. The van der Waals surface area contributed by atoms with Gasteiger partial charge in [0.1, 0.15) is 0 Å². The molecule has 3 rings (SSSR count). The van der Waals surface area contributed by atoms with Crippen LogP contribution in [0.5, 0.6) is 0 Å². The molecule has 0 aromatic heterocycles. The first kappa shape index (κ1) is 7.56. The summed E-state index contributed by atoms with van der Waals surface area (Å²) in [5, 5.41) is 0. The topological polar surface area (TPSA) is 12.5 Å². The minimum atomic E-state index is 0.823. The van der Waals surface area contributed by atoms with Crippen molar-refractivity contribution >= 4 is 0 Å². The second kappa shape index (κ2) is 3.11. The lowest BCUT2D eigenvalue weighted by atomic mass is 9.79. The van der Waals surface area contributed by atoms with Crippen molar-refractivity contribution in [3.05, 3.63) is 6.54 Å². The minimum Gasteiger partial charge on any atom is -0.385 e. The molecule has 3 heterocycles. The summed E-state index contributed by atoms with van der Waals surface area (Å²) < 4.78 is 5.07. The summed E-state index contributed by atoms with van der Waals surface area (Å²) in [4.78, 5) is 2.48. The van der Waals surface area contributed by atoms with Crippen LogP contribution in [-0.2, 0) is 4.74 Å². The van der Waals surface area contributed by atoms with Gasteiger partial charge in [-0.15, -0.1) is 0 Å². The van der Waals surface area contributed by atoms with E-state index in [1.54, 1.807) is 7.11 Å². The van der Waals surface area contributed by atoms with E-state index in [4.69, 9.17) is 4.74 Å². The molecule has 0 aromatic rings. The molecular formula is C9H16NO. The third kappa shape index (κ3) is 1.30. The first-order valence-electron chi connectivity index (χ1n) is 4.51. The van der Waals surface area contributed by atoms with Crippen LogP contribution in [0.15, 0.2) is 0 Å². The molecule has 63 valence electrons. The van der Waals surface area contributed by atoms with Crippen molar-refractivity contribution in [1.29, 1.82) is 0 Å². The zero-order valence-corrected chi connectivity index (χ0v) is 7.12. The van der Waals surface area contributed by atoms with Gasteiger partial charge in [-0.05, 0) is 31.7 Å². The maximum Gasteiger partial charge on any atom is 0.0477 e. The Kier molecular flexibility index (Phi) is 2.14. The van der Waals surface area contributed by atoms with Gasteiger partial charge in [0.2, 0.25) is 0 Å². The van der Waals surface area contributed by atoms with Crippen LogP contribution in [0, 0.1) is 12.5 Å². The SMILES string of the molecule is COCCC1C2[CH]N1CCC2. The van der Waals surface area contributed by atoms with Gasteiger partial charge in [-0.2, -0.15) is 0 Å². The fourth-order valence-corrected chi connectivity index (χ4v) is 2.24. The Morgan fingerprint density at radius 3 is 3.09 bits per heavy atom. The van der Waals surface area contributed by atoms with Gasteiger partial charge in [-0.1, -0.05) is 0 Å². The lowest BCUT2D eigenvalue weighted by Gasteiger charge is -2.52. The zero-order valence-electron chi connectivity index (χ0n) is 7.12. The molecule has 0 N–H and O–H groups in total. The first-order valence-corrected chi connectivity index (χ1v) is 4.51. The second-order valence-electron chi connectivity index (χ2n) is 3.54. The largest absolute Gasteiger partial charge is 0.385 e. The molecule has 3 aliphatic heterocycles. The number of nitrogens with zero attached hydrogens (tertiary/aromatic N) is 1. The van der Waals surface area contributed by atoms with Crippen LogP contribution in [0.4, 0.5) is 0 Å². The van der Waals surface area contributed by atoms with E-state index in [2.05, 4.69) is 11.4 Å². The van der Waals surface area contributed by atoms with Crippen molar-refractivity contribution in [2.24, 2.45) is 5.92 Å². The highest BCUT2D eigenvalue weighted by molar-refractivity contribution is 5.03. The smallest absolute Gasteiger partial charge is 0.0477 e. The summed E-state index contributed by atoms with van der Waals surface area (Å²) in [6.07, 6.45) is 4.02. The van der Waals surface area contributed by atoms with Gasteiger partial charge in [0.05, 0.1) is 0 Å². The van der Waals surface area contributed by atoms with Crippen LogP contribution < -0.4 is 0 Å². The fraction of sp³-hybridized carbons (Fsp3) is 0.889. The Labute approximate surface area is 68.5 Å². The lowest BCUT2D eigenvalue weighted by Crippen LogP contribution is -2.56. The number of methoxy groups -OCH3 is 1. The Morgan fingerprint density at radius 2 is 2.55 bits per heavy atom. The van der Waals surface area contributed by atoms with E-state index in [1.807, 2.05) is 0 Å². The third-order valence-electron chi connectivity index (χ3n) is 2.87. The van der Waals surface area contributed by atoms with Crippen molar-refractivity contribution in [2.45, 2.75) is 25.3 Å². The summed E-state index contributed by atoms with van der Waals surface area (Å²) in [7, 11) is 1.79. The van der Waals surface area contributed by atoms with Crippen molar-refractivity contribution in [2.75, 3.05) is 20.3 Å². The Bertz CT molecular complexity index is 124. The van der Waals surface area contributed by atoms with Gasteiger partial charge < -0.3 is 4.74 Å². The average Bonchev–Trinajstić information content (AvgIpc) is 2.06. The number of fused-ring (bicyclic) bond motifs is 2. The van der Waals surface area contributed by atoms with Gasteiger partial charge in [0.15, 0.2) is 0 Å². The zero-order chi connectivity index (χ0) is 7.68. The predicted molar refractivity (Wildman–Crippen MR) is 44.0 cm³/mol. The molecule has 3 unspecified atom stereocenters. The molecule has 3 atom stereocenters. The summed E-state index contributed by atoms with van der Waals surface area (Å²) >= 11 is 0. The monoisotopic (exact) mass is 154 g/mol. The Balaban J connectivity index is 1.77. The standard InChI is InChI=1S/C9H16NO/c1-11-6-4-9-8-3-2-5-10(9)7-8/h7-9H,2-6H2,1H3. The Morgan fingerprint density at radius 1 is 1.64 bits per heavy atom. The molecule has 11 heavy (non-hydrogen) atoms. The summed E-state index contributed by atoms with van der Waals surface area (Å²) in [5.41, 5.74) is 0. The quantitative estimate of drug-likeness (QED) is 0.607. The number of hydrogen-bond acceptors (Lipinski definition) is 2. The van der Waals surface area contributed by atoms with Gasteiger partial charge in [0.25, 0.3) is 0 Å². The summed E-state index contributed by atoms with van der Waals surface area (Å²) in [6, 6.07) is 0.823. The van der Waals surface area contributed by atoms with E-state index in [0.717, 1.165) is 18.6 Å². The maximum atomic E-state index is 5.07. The van der Waals surface area contributed by atoms with Crippen LogP contribution in [0.25, 0.3) is 0 Å². The molecule has 3 aliphatic rings. The van der Waals surface area contributed by atoms with Crippen molar-refractivity contribution in [3.8, 4) is 0 Å². The predicted octanol–water partition coefficient (Wildman–Crippen LogP) is 1.28. The molecule has 0 aromatic carbocycles. The number of piperidine rings is 2. The normalized spacial score (nSPS) is 41.7. The van der Waals surface area contributed by atoms with Crippen LogP contribution in [0.3, 0.4) is 0 Å². The molecule has 3 fully saturated rings. The molecule has 1 radical (unpaired) electrons. The molecule has 0 saturated carbocycles. The highest BCUT2D eigenvalue weighted by Gasteiger charge is 2.41. The van der Waals surface area contributed by atoms with E-state index in [1.165, 1.54) is 25.8 Å². The summed E-state index contributed by atoms with van der Waals surface area (Å²) in [6.45, 7) is 4.60. The fourth-order valence-electron chi connectivity index (χ4n) is 2.24. The Hall–Kier alpha value is -0.0800. The molecule has 2 bridgehead atoms. The van der Waals surface area contributed by atoms with E-state index in [9.17, 15) is 0 Å². The highest BCUT2D eigenvalue weighted by atomic mass is 16.5. The number of hydrogen-bond donors (Lipinski definition) is 0. The first-order chi connectivity index (χ1) is 5.42. The molecule has 0 amide bonds. The number of ether oxygens (including phenoxy) is 1. The minimum absolute atomic E-state index is 0.823. The van der Waals surface area contributed by atoms with Gasteiger partial charge in [-0.3, -0.25) is 4.90 Å². The van der Waals surface area contributed by atoms with E-state index >= 15 is 0 Å². The molecule has 2 nitrogen and oxygen atoms in total. The van der Waals surface area contributed by atoms with Crippen molar-refractivity contribution in [3.63, 3.8) is 0 Å².